The number of benzene rings is 2. The predicted octanol–water partition coefficient (Wildman–Crippen LogP) is 4.71. The third-order valence-corrected chi connectivity index (χ3v) is 7.18. The van der Waals surface area contributed by atoms with Gasteiger partial charge in [-0.1, -0.05) is 24.3 Å². The fourth-order valence-corrected chi connectivity index (χ4v) is 5.20. The van der Waals surface area contributed by atoms with E-state index in [-0.39, 0.29) is 23.6 Å². The van der Waals surface area contributed by atoms with Gasteiger partial charge >= 0.3 is 5.97 Å². The minimum atomic E-state index is -1.14. The van der Waals surface area contributed by atoms with Crippen molar-refractivity contribution in [1.29, 1.82) is 0 Å². The van der Waals surface area contributed by atoms with Crippen LogP contribution in [-0.2, 0) is 23.4 Å². The maximum Gasteiger partial charge on any atom is 0.309 e. The van der Waals surface area contributed by atoms with Crippen LogP contribution in [0, 0.1) is 31.4 Å². The van der Waals surface area contributed by atoms with Gasteiger partial charge < -0.3 is 15.2 Å². The largest absolute Gasteiger partial charge is 0.485 e. The molecule has 0 saturated heterocycles. The van der Waals surface area contributed by atoms with Crippen LogP contribution in [-0.4, -0.2) is 26.4 Å². The maximum absolute atomic E-state index is 14.1. The lowest BCUT2D eigenvalue weighted by molar-refractivity contribution is -0.144. The van der Waals surface area contributed by atoms with Crippen molar-refractivity contribution in [2.45, 2.75) is 39.3 Å². The van der Waals surface area contributed by atoms with E-state index in [1.165, 1.54) is 10.5 Å². The first kappa shape index (κ1) is 24.4. The molecule has 1 aliphatic rings. The molecule has 190 valence electrons. The first-order chi connectivity index (χ1) is 17.6. The van der Waals surface area contributed by atoms with Gasteiger partial charge in [0.15, 0.2) is 11.4 Å². The van der Waals surface area contributed by atoms with E-state index >= 15 is 0 Å². The van der Waals surface area contributed by atoms with Crippen LogP contribution in [0.1, 0.15) is 45.4 Å². The maximum atomic E-state index is 14.1. The van der Waals surface area contributed by atoms with Gasteiger partial charge in [0, 0.05) is 6.20 Å². The standard InChI is InChI=1S/C28H25F2N3O4/c1-15-7-4-8-19-17(15)13-20(27(35)36)28(19,3)32-26(34)24-16(2)31-25-23(11-6-12-33(24)25)37-14-18-21(29)9-5-10-22(18)30/h4-12,20H,13-14H2,1-3H3,(H,32,34)(H,35,36)/t20-,28+/m0/s1. The summed E-state index contributed by atoms with van der Waals surface area (Å²) in [5, 5.41) is 12.9. The molecule has 2 heterocycles. The van der Waals surface area contributed by atoms with Crippen LogP contribution in [0.25, 0.3) is 5.65 Å². The van der Waals surface area contributed by atoms with Crippen LogP contribution in [0.5, 0.6) is 5.75 Å². The predicted molar refractivity (Wildman–Crippen MR) is 131 cm³/mol. The molecule has 37 heavy (non-hydrogen) atoms. The average molecular weight is 506 g/mol. The van der Waals surface area contributed by atoms with Gasteiger partial charge in [-0.15, -0.1) is 0 Å². The van der Waals surface area contributed by atoms with E-state index in [4.69, 9.17) is 4.74 Å². The summed E-state index contributed by atoms with van der Waals surface area (Å²) in [5.41, 5.74) is 2.21. The molecule has 0 spiro atoms. The van der Waals surface area contributed by atoms with Gasteiger partial charge in [-0.25, -0.2) is 13.8 Å². The number of carboxylic acid groups (broad SMARTS) is 1. The number of aryl methyl sites for hydroxylation is 2. The Bertz CT molecular complexity index is 1540. The molecule has 5 rings (SSSR count). The third kappa shape index (κ3) is 4.00. The second kappa shape index (κ2) is 8.99. The number of aromatic nitrogens is 2. The summed E-state index contributed by atoms with van der Waals surface area (Å²) in [5.74, 6) is -3.54. The molecule has 4 aromatic rings. The number of fused-ring (bicyclic) bond motifs is 2. The second-order valence-corrected chi connectivity index (χ2v) is 9.45. The van der Waals surface area contributed by atoms with Crippen molar-refractivity contribution in [3.05, 3.63) is 100 Å². The van der Waals surface area contributed by atoms with E-state index in [2.05, 4.69) is 10.3 Å². The lowest BCUT2D eigenvalue weighted by Gasteiger charge is -2.31. The first-order valence-corrected chi connectivity index (χ1v) is 11.8. The SMILES string of the molecule is Cc1cccc2c1C[C@@H](C(=O)O)[C@]2(C)NC(=O)c1c(C)nc2c(OCc3c(F)cccc3F)cccn12. The Morgan fingerprint density at radius 1 is 1.14 bits per heavy atom. The molecule has 0 bridgehead atoms. The number of pyridine rings is 1. The minimum absolute atomic E-state index is 0.212. The topological polar surface area (TPSA) is 92.9 Å². The van der Waals surface area contributed by atoms with Gasteiger partial charge in [0.2, 0.25) is 0 Å². The van der Waals surface area contributed by atoms with E-state index in [1.54, 1.807) is 32.2 Å². The molecule has 2 aromatic carbocycles. The molecule has 0 saturated carbocycles. The number of aliphatic carboxylic acids is 1. The number of hydrogen-bond acceptors (Lipinski definition) is 4. The van der Waals surface area contributed by atoms with E-state index in [9.17, 15) is 23.5 Å². The zero-order chi connectivity index (χ0) is 26.5. The number of carboxylic acids is 1. The van der Waals surface area contributed by atoms with Crippen LogP contribution < -0.4 is 10.1 Å². The molecular weight excluding hydrogens is 480 g/mol. The fraction of sp³-hybridized carbons (Fsp3) is 0.250. The summed E-state index contributed by atoms with van der Waals surface area (Å²) in [4.78, 5) is 30.3. The Balaban J connectivity index is 1.49. The summed E-state index contributed by atoms with van der Waals surface area (Å²) >= 11 is 0. The summed E-state index contributed by atoms with van der Waals surface area (Å²) in [6.07, 6.45) is 1.94. The van der Waals surface area contributed by atoms with Crippen LogP contribution in [0.2, 0.25) is 0 Å². The number of carbonyl (C=O) groups excluding carboxylic acids is 1. The third-order valence-electron chi connectivity index (χ3n) is 7.18. The summed E-state index contributed by atoms with van der Waals surface area (Å²) in [7, 11) is 0. The van der Waals surface area contributed by atoms with Gasteiger partial charge in [0.25, 0.3) is 5.91 Å². The molecule has 0 aliphatic heterocycles. The molecular formula is C28H25F2N3O4. The molecule has 7 nitrogen and oxygen atoms in total. The van der Waals surface area contributed by atoms with Crippen LogP contribution in [0.3, 0.4) is 0 Å². The Hall–Kier alpha value is -4.27. The van der Waals surface area contributed by atoms with E-state index < -0.39 is 35.0 Å². The van der Waals surface area contributed by atoms with Gasteiger partial charge in [0.1, 0.15) is 23.9 Å². The molecule has 0 unspecified atom stereocenters. The number of amides is 1. The van der Waals surface area contributed by atoms with Gasteiger partial charge in [0.05, 0.1) is 22.7 Å². The van der Waals surface area contributed by atoms with E-state index in [0.717, 1.165) is 28.8 Å². The highest BCUT2D eigenvalue weighted by molar-refractivity contribution is 5.96. The number of rotatable bonds is 6. The average Bonchev–Trinajstić information content (AvgIpc) is 3.34. The van der Waals surface area contributed by atoms with Crippen molar-refractivity contribution in [3.8, 4) is 5.75 Å². The minimum Gasteiger partial charge on any atom is -0.485 e. The second-order valence-electron chi connectivity index (χ2n) is 9.45. The quantitative estimate of drug-likeness (QED) is 0.396. The monoisotopic (exact) mass is 505 g/mol. The molecule has 1 amide bonds. The lowest BCUT2D eigenvalue weighted by Crippen LogP contribution is -2.49. The number of ether oxygens (including phenoxy) is 1. The molecule has 2 aromatic heterocycles. The smallest absolute Gasteiger partial charge is 0.309 e. The van der Waals surface area contributed by atoms with Crippen molar-refractivity contribution < 1.29 is 28.2 Å². The number of nitrogens with zero attached hydrogens (tertiary/aromatic N) is 2. The Morgan fingerprint density at radius 2 is 1.84 bits per heavy atom. The summed E-state index contributed by atoms with van der Waals surface area (Å²) < 4.78 is 35.3. The van der Waals surface area contributed by atoms with Crippen molar-refractivity contribution in [2.75, 3.05) is 0 Å². The highest BCUT2D eigenvalue weighted by Gasteiger charge is 2.49. The summed E-state index contributed by atoms with van der Waals surface area (Å²) in [6, 6.07) is 12.4. The van der Waals surface area contributed by atoms with E-state index in [0.29, 0.717) is 17.8 Å². The van der Waals surface area contributed by atoms with Crippen molar-refractivity contribution in [1.82, 2.24) is 14.7 Å². The Kier molecular flexibility index (Phi) is 5.94. The van der Waals surface area contributed by atoms with Crippen molar-refractivity contribution in [2.24, 2.45) is 5.92 Å². The number of hydrogen-bond donors (Lipinski definition) is 2. The number of halogens is 2. The Labute approximate surface area is 211 Å². The molecule has 1 aliphatic carbocycles. The fourth-order valence-electron chi connectivity index (χ4n) is 5.20. The zero-order valence-electron chi connectivity index (χ0n) is 20.5. The summed E-state index contributed by atoms with van der Waals surface area (Å²) in [6.45, 7) is 4.95. The molecule has 2 atom stereocenters. The Morgan fingerprint density at radius 3 is 2.54 bits per heavy atom. The normalized spacial score (nSPS) is 18.6. The first-order valence-electron chi connectivity index (χ1n) is 11.8. The highest BCUT2D eigenvalue weighted by atomic mass is 19.1. The van der Waals surface area contributed by atoms with Crippen molar-refractivity contribution >= 4 is 17.5 Å². The van der Waals surface area contributed by atoms with Crippen molar-refractivity contribution in [3.63, 3.8) is 0 Å². The van der Waals surface area contributed by atoms with Gasteiger partial charge in [-0.3, -0.25) is 14.0 Å². The van der Waals surface area contributed by atoms with Gasteiger partial charge in [-0.05, 0) is 68.1 Å². The number of nitrogens with one attached hydrogen (secondary N) is 1. The number of imidazole rings is 1. The van der Waals surface area contributed by atoms with Crippen LogP contribution in [0.4, 0.5) is 8.78 Å². The lowest BCUT2D eigenvalue weighted by atomic mass is 9.85. The molecule has 0 fully saturated rings. The van der Waals surface area contributed by atoms with E-state index in [1.807, 2.05) is 25.1 Å². The van der Waals surface area contributed by atoms with Crippen LogP contribution >= 0.6 is 0 Å². The number of carbonyl (C=O) groups is 2. The molecule has 2 N–H and O–H groups in total. The van der Waals surface area contributed by atoms with Crippen LogP contribution in [0.15, 0.2) is 54.7 Å². The van der Waals surface area contributed by atoms with Gasteiger partial charge in [-0.2, -0.15) is 0 Å². The molecule has 9 heteroatoms. The highest BCUT2D eigenvalue weighted by Crippen LogP contribution is 2.43. The molecule has 0 radical (unpaired) electrons. The zero-order valence-corrected chi connectivity index (χ0v) is 20.5.